The SMILES string of the molecule is CC(C)(C)OC(=O)NCCCCCCc1cc(C(=O)Nc2ccc(=O)n(CC(=O)O)c2)cc(-c2cccnc2)c1. The van der Waals surface area contributed by atoms with Crippen LogP contribution in [0.15, 0.2) is 65.8 Å². The molecule has 1 aromatic carbocycles. The maximum absolute atomic E-state index is 13.2. The molecule has 3 aromatic rings. The Morgan fingerprint density at radius 3 is 2.48 bits per heavy atom. The number of amides is 2. The minimum Gasteiger partial charge on any atom is -0.480 e. The number of hydrogen-bond acceptors (Lipinski definition) is 6. The van der Waals surface area contributed by atoms with Crippen LogP contribution >= 0.6 is 0 Å². The van der Waals surface area contributed by atoms with Crippen LogP contribution in [0.4, 0.5) is 10.5 Å². The number of pyridine rings is 2. The molecule has 2 heterocycles. The topological polar surface area (TPSA) is 140 Å². The van der Waals surface area contributed by atoms with Gasteiger partial charge >= 0.3 is 12.1 Å². The number of aliphatic carboxylic acids is 1. The zero-order valence-electron chi connectivity index (χ0n) is 23.1. The number of rotatable bonds is 12. The first kappa shape index (κ1) is 30.1. The number of nitrogens with zero attached hydrogens (tertiary/aromatic N) is 2. The van der Waals surface area contributed by atoms with Crippen LogP contribution in [0.25, 0.3) is 11.1 Å². The van der Waals surface area contributed by atoms with Crippen LogP contribution in [0.3, 0.4) is 0 Å². The Balaban J connectivity index is 1.64. The molecule has 212 valence electrons. The number of carbonyl (C=O) groups is 3. The van der Waals surface area contributed by atoms with Gasteiger partial charge < -0.3 is 25.0 Å². The molecule has 0 saturated heterocycles. The van der Waals surface area contributed by atoms with Crippen LogP contribution in [-0.4, -0.2) is 44.8 Å². The summed E-state index contributed by atoms with van der Waals surface area (Å²) >= 11 is 0. The lowest BCUT2D eigenvalue weighted by Crippen LogP contribution is -2.32. The predicted molar refractivity (Wildman–Crippen MR) is 152 cm³/mol. The highest BCUT2D eigenvalue weighted by Crippen LogP contribution is 2.24. The van der Waals surface area contributed by atoms with Gasteiger partial charge in [-0.1, -0.05) is 25.0 Å². The van der Waals surface area contributed by atoms with Crippen molar-refractivity contribution in [1.29, 1.82) is 0 Å². The summed E-state index contributed by atoms with van der Waals surface area (Å²) in [6, 6.07) is 12.1. The number of benzene rings is 1. The fourth-order valence-corrected chi connectivity index (χ4v) is 4.06. The summed E-state index contributed by atoms with van der Waals surface area (Å²) in [6.07, 6.45) is 8.74. The quantitative estimate of drug-likeness (QED) is 0.274. The lowest BCUT2D eigenvalue weighted by molar-refractivity contribution is -0.137. The predicted octanol–water partition coefficient (Wildman–Crippen LogP) is 4.87. The maximum Gasteiger partial charge on any atom is 0.407 e. The van der Waals surface area contributed by atoms with Gasteiger partial charge in [-0.15, -0.1) is 0 Å². The van der Waals surface area contributed by atoms with Gasteiger partial charge in [-0.3, -0.25) is 19.4 Å². The summed E-state index contributed by atoms with van der Waals surface area (Å²) in [5, 5.41) is 14.6. The third-order valence-electron chi connectivity index (χ3n) is 5.86. The standard InChI is InChI=1S/C30H36N4O6/c1-30(2,3)40-29(39)32-14-7-5-4-6-9-21-15-23(22-10-8-13-31-18-22)17-24(16-21)28(38)33-25-11-12-26(35)34(19-25)20-27(36)37/h8,10-13,15-19H,4-7,9,14,20H2,1-3H3,(H,32,39)(H,33,38)(H,36,37). The number of alkyl carbamates (subject to hydrolysis) is 1. The third-order valence-corrected chi connectivity index (χ3v) is 5.86. The van der Waals surface area contributed by atoms with Gasteiger partial charge in [-0.2, -0.15) is 0 Å². The molecular formula is C30H36N4O6. The van der Waals surface area contributed by atoms with Gasteiger partial charge in [0.25, 0.3) is 11.5 Å². The van der Waals surface area contributed by atoms with Gasteiger partial charge in [-0.25, -0.2) is 4.79 Å². The normalized spacial score (nSPS) is 11.1. The van der Waals surface area contributed by atoms with E-state index in [9.17, 15) is 19.2 Å². The zero-order valence-corrected chi connectivity index (χ0v) is 23.1. The fourth-order valence-electron chi connectivity index (χ4n) is 4.06. The number of carboxylic acids is 1. The molecule has 2 amide bonds. The Morgan fingerprint density at radius 2 is 1.77 bits per heavy atom. The van der Waals surface area contributed by atoms with Crippen LogP contribution in [0.1, 0.15) is 62.4 Å². The molecule has 0 bridgehead atoms. The van der Waals surface area contributed by atoms with Gasteiger partial charge in [0.05, 0.1) is 5.69 Å². The number of unbranched alkanes of at least 4 members (excludes halogenated alkanes) is 3. The monoisotopic (exact) mass is 548 g/mol. The van der Waals surface area contributed by atoms with Gasteiger partial charge in [0.1, 0.15) is 12.1 Å². The molecule has 0 atom stereocenters. The molecule has 3 N–H and O–H groups in total. The molecule has 0 aliphatic rings. The number of aromatic nitrogens is 2. The van der Waals surface area contributed by atoms with E-state index < -0.39 is 29.8 Å². The van der Waals surface area contributed by atoms with Crippen LogP contribution in [0, 0.1) is 0 Å². The lowest BCUT2D eigenvalue weighted by atomic mass is 9.97. The van der Waals surface area contributed by atoms with Crippen molar-refractivity contribution >= 4 is 23.7 Å². The summed E-state index contributed by atoms with van der Waals surface area (Å²) in [6.45, 7) is 5.53. The van der Waals surface area contributed by atoms with Crippen LogP contribution in [-0.2, 0) is 22.5 Å². The molecule has 10 heteroatoms. The van der Waals surface area contributed by atoms with E-state index >= 15 is 0 Å². The number of carbonyl (C=O) groups excluding carboxylic acids is 2. The molecule has 0 aliphatic carbocycles. The number of hydrogen-bond donors (Lipinski definition) is 3. The minimum absolute atomic E-state index is 0.319. The Labute approximate surface area is 233 Å². The van der Waals surface area contributed by atoms with Gasteiger partial charge in [0.2, 0.25) is 0 Å². The molecule has 0 radical (unpaired) electrons. The third kappa shape index (κ3) is 10.0. The Kier molecular flexibility index (Phi) is 10.6. The summed E-state index contributed by atoms with van der Waals surface area (Å²) in [5.74, 6) is -1.53. The molecule has 2 aromatic heterocycles. The Morgan fingerprint density at radius 1 is 1.00 bits per heavy atom. The number of nitrogens with one attached hydrogen (secondary N) is 2. The molecule has 3 rings (SSSR count). The highest BCUT2D eigenvalue weighted by molar-refractivity contribution is 6.05. The van der Waals surface area contributed by atoms with E-state index in [1.807, 2.05) is 45.0 Å². The van der Waals surface area contributed by atoms with Crippen molar-refractivity contribution in [3.05, 3.63) is 82.5 Å². The first-order valence-electron chi connectivity index (χ1n) is 13.2. The van der Waals surface area contributed by atoms with E-state index in [2.05, 4.69) is 15.6 Å². The number of anilines is 1. The van der Waals surface area contributed by atoms with Crippen molar-refractivity contribution in [2.45, 2.75) is 65.0 Å². The second-order valence-corrected chi connectivity index (χ2v) is 10.5. The highest BCUT2D eigenvalue weighted by Gasteiger charge is 2.15. The number of ether oxygens (including phenoxy) is 1. The van der Waals surface area contributed by atoms with E-state index in [-0.39, 0.29) is 5.91 Å². The highest BCUT2D eigenvalue weighted by atomic mass is 16.6. The van der Waals surface area contributed by atoms with Crippen molar-refractivity contribution < 1.29 is 24.2 Å². The molecule has 10 nitrogen and oxygen atoms in total. The van der Waals surface area contributed by atoms with E-state index in [1.165, 1.54) is 18.3 Å². The van der Waals surface area contributed by atoms with Gasteiger partial charge in [0.15, 0.2) is 0 Å². The van der Waals surface area contributed by atoms with E-state index in [1.54, 1.807) is 18.5 Å². The number of carboxylic acid groups (broad SMARTS) is 1. The van der Waals surface area contributed by atoms with Crippen LogP contribution in [0.2, 0.25) is 0 Å². The number of aryl methyl sites for hydroxylation is 1. The average molecular weight is 549 g/mol. The lowest BCUT2D eigenvalue weighted by Gasteiger charge is -2.19. The van der Waals surface area contributed by atoms with E-state index in [0.717, 1.165) is 53.4 Å². The zero-order chi connectivity index (χ0) is 29.1. The first-order valence-corrected chi connectivity index (χ1v) is 13.2. The Hall–Kier alpha value is -4.47. The molecule has 0 spiro atoms. The molecule has 40 heavy (non-hydrogen) atoms. The summed E-state index contributed by atoms with van der Waals surface area (Å²) in [4.78, 5) is 52.1. The molecule has 0 aliphatic heterocycles. The minimum atomic E-state index is -1.15. The van der Waals surface area contributed by atoms with Crippen molar-refractivity contribution in [2.75, 3.05) is 11.9 Å². The van der Waals surface area contributed by atoms with Crippen LogP contribution in [0.5, 0.6) is 0 Å². The Bertz CT molecular complexity index is 1380. The van der Waals surface area contributed by atoms with Crippen molar-refractivity contribution in [2.24, 2.45) is 0 Å². The van der Waals surface area contributed by atoms with Gasteiger partial charge in [0, 0.05) is 42.3 Å². The largest absolute Gasteiger partial charge is 0.480 e. The molecular weight excluding hydrogens is 512 g/mol. The van der Waals surface area contributed by atoms with E-state index in [0.29, 0.717) is 17.8 Å². The fraction of sp³-hybridized carbons (Fsp3) is 0.367. The summed E-state index contributed by atoms with van der Waals surface area (Å²) in [5.41, 5.74) is 2.49. The summed E-state index contributed by atoms with van der Waals surface area (Å²) in [7, 11) is 0. The van der Waals surface area contributed by atoms with Gasteiger partial charge in [-0.05, 0) is 75.4 Å². The average Bonchev–Trinajstić information content (AvgIpc) is 2.89. The maximum atomic E-state index is 13.2. The van der Waals surface area contributed by atoms with Crippen molar-refractivity contribution in [3.8, 4) is 11.1 Å². The van der Waals surface area contributed by atoms with Crippen molar-refractivity contribution in [1.82, 2.24) is 14.9 Å². The first-order chi connectivity index (χ1) is 19.0. The summed E-state index contributed by atoms with van der Waals surface area (Å²) < 4.78 is 6.27. The molecule has 0 fully saturated rings. The van der Waals surface area contributed by atoms with Crippen LogP contribution < -0.4 is 16.2 Å². The van der Waals surface area contributed by atoms with Crippen molar-refractivity contribution in [3.63, 3.8) is 0 Å². The second-order valence-electron chi connectivity index (χ2n) is 10.5. The smallest absolute Gasteiger partial charge is 0.407 e. The second kappa shape index (κ2) is 14.1. The molecule has 0 saturated carbocycles. The molecule has 0 unspecified atom stereocenters. The van der Waals surface area contributed by atoms with E-state index in [4.69, 9.17) is 9.84 Å².